The summed E-state index contributed by atoms with van der Waals surface area (Å²) in [4.78, 5) is 27.0. The highest BCUT2D eigenvalue weighted by atomic mass is 35.5. The standard InChI is InChI=1S/C17H12ClF3N2O3/c18-13-5-6-14(22-9-13)23-15(24)10-26-16(25)7-4-11-2-1-3-12(8-11)17(19,20)21/h1-9H,10H2,(H,22,23,24)/b7-4+. The molecule has 1 aromatic heterocycles. The van der Waals surface area contributed by atoms with Crippen molar-refractivity contribution >= 4 is 35.4 Å². The summed E-state index contributed by atoms with van der Waals surface area (Å²) in [6, 6.07) is 7.43. The summed E-state index contributed by atoms with van der Waals surface area (Å²) in [5, 5.41) is 2.78. The van der Waals surface area contributed by atoms with Gasteiger partial charge in [-0.3, -0.25) is 4.79 Å². The summed E-state index contributed by atoms with van der Waals surface area (Å²) in [6.07, 6.45) is -1.04. The van der Waals surface area contributed by atoms with Crippen LogP contribution in [-0.4, -0.2) is 23.5 Å². The second kappa shape index (κ2) is 8.48. The summed E-state index contributed by atoms with van der Waals surface area (Å²) in [5.74, 6) is -1.27. The fraction of sp³-hybridized carbons (Fsp3) is 0.118. The number of carbonyl (C=O) groups is 2. The quantitative estimate of drug-likeness (QED) is 0.626. The Labute approximate surface area is 151 Å². The molecule has 0 saturated carbocycles. The molecule has 1 amide bonds. The van der Waals surface area contributed by atoms with Crippen LogP contribution in [0.2, 0.25) is 5.02 Å². The molecule has 2 rings (SSSR count). The number of rotatable bonds is 5. The van der Waals surface area contributed by atoms with Gasteiger partial charge in [0.25, 0.3) is 5.91 Å². The zero-order chi connectivity index (χ0) is 19.2. The van der Waals surface area contributed by atoms with E-state index in [9.17, 15) is 22.8 Å². The van der Waals surface area contributed by atoms with Gasteiger partial charge in [-0.25, -0.2) is 9.78 Å². The molecule has 26 heavy (non-hydrogen) atoms. The van der Waals surface area contributed by atoms with Gasteiger partial charge in [0.05, 0.1) is 10.6 Å². The van der Waals surface area contributed by atoms with Crippen molar-refractivity contribution in [1.29, 1.82) is 0 Å². The van der Waals surface area contributed by atoms with Gasteiger partial charge >= 0.3 is 12.1 Å². The van der Waals surface area contributed by atoms with E-state index in [-0.39, 0.29) is 11.4 Å². The molecule has 1 aromatic carbocycles. The number of halogens is 4. The van der Waals surface area contributed by atoms with Crippen molar-refractivity contribution < 1.29 is 27.5 Å². The Bertz CT molecular complexity index is 821. The molecule has 0 radical (unpaired) electrons. The van der Waals surface area contributed by atoms with Crippen LogP contribution < -0.4 is 5.32 Å². The molecule has 1 N–H and O–H groups in total. The third kappa shape index (κ3) is 6.21. The molecule has 0 fully saturated rings. The van der Waals surface area contributed by atoms with E-state index in [2.05, 4.69) is 10.3 Å². The van der Waals surface area contributed by atoms with Crippen molar-refractivity contribution in [2.45, 2.75) is 6.18 Å². The Morgan fingerprint density at radius 1 is 1.23 bits per heavy atom. The number of ether oxygens (including phenoxy) is 1. The Morgan fingerprint density at radius 3 is 2.65 bits per heavy atom. The van der Waals surface area contributed by atoms with Gasteiger partial charge in [-0.2, -0.15) is 13.2 Å². The first-order valence-corrected chi connectivity index (χ1v) is 7.55. The SMILES string of the molecule is O=C(COC(=O)/C=C/c1cccc(C(F)(F)F)c1)Nc1ccc(Cl)cn1. The van der Waals surface area contributed by atoms with Gasteiger partial charge < -0.3 is 10.1 Å². The van der Waals surface area contributed by atoms with Gasteiger partial charge in [0.1, 0.15) is 5.82 Å². The van der Waals surface area contributed by atoms with Crippen LogP contribution in [0.5, 0.6) is 0 Å². The van der Waals surface area contributed by atoms with Gasteiger partial charge in [-0.1, -0.05) is 23.7 Å². The highest BCUT2D eigenvalue weighted by Gasteiger charge is 2.30. The van der Waals surface area contributed by atoms with Crippen molar-refractivity contribution in [2.24, 2.45) is 0 Å². The smallest absolute Gasteiger partial charge is 0.416 e. The highest BCUT2D eigenvalue weighted by molar-refractivity contribution is 6.30. The second-order valence-corrected chi connectivity index (χ2v) is 5.41. The van der Waals surface area contributed by atoms with Gasteiger partial charge in [0.2, 0.25) is 0 Å². The van der Waals surface area contributed by atoms with Crippen molar-refractivity contribution in [3.63, 3.8) is 0 Å². The average Bonchev–Trinajstić information content (AvgIpc) is 2.60. The lowest BCUT2D eigenvalue weighted by molar-refractivity contribution is -0.142. The Morgan fingerprint density at radius 2 is 2.00 bits per heavy atom. The Kier molecular flexibility index (Phi) is 6.35. The van der Waals surface area contributed by atoms with Crippen LogP contribution in [0.15, 0.2) is 48.7 Å². The molecule has 2 aromatic rings. The predicted octanol–water partition coefficient (Wildman–Crippen LogP) is 3.95. The number of hydrogen-bond acceptors (Lipinski definition) is 4. The number of anilines is 1. The van der Waals surface area contributed by atoms with Gasteiger partial charge in [0, 0.05) is 12.3 Å². The molecule has 0 aliphatic rings. The van der Waals surface area contributed by atoms with Crippen molar-refractivity contribution in [3.8, 4) is 0 Å². The number of hydrogen-bond donors (Lipinski definition) is 1. The van der Waals surface area contributed by atoms with E-state index in [0.717, 1.165) is 24.3 Å². The van der Waals surface area contributed by atoms with E-state index in [0.29, 0.717) is 5.02 Å². The maximum atomic E-state index is 12.6. The van der Waals surface area contributed by atoms with Crippen LogP contribution >= 0.6 is 11.6 Å². The molecule has 1 heterocycles. The molecular weight excluding hydrogens is 373 g/mol. The number of benzene rings is 1. The van der Waals surface area contributed by atoms with Gasteiger partial charge in [0.15, 0.2) is 6.61 Å². The Balaban J connectivity index is 1.85. The van der Waals surface area contributed by atoms with Crippen LogP contribution in [0, 0.1) is 0 Å². The number of alkyl halides is 3. The lowest BCUT2D eigenvalue weighted by Gasteiger charge is -2.06. The minimum atomic E-state index is -4.47. The van der Waals surface area contributed by atoms with Gasteiger partial charge in [-0.05, 0) is 35.9 Å². The molecular formula is C17H12ClF3N2O3. The van der Waals surface area contributed by atoms with E-state index in [1.807, 2.05) is 0 Å². The molecule has 5 nitrogen and oxygen atoms in total. The number of pyridine rings is 1. The van der Waals surface area contributed by atoms with E-state index in [1.165, 1.54) is 30.5 Å². The first-order valence-electron chi connectivity index (χ1n) is 7.17. The minimum Gasteiger partial charge on any atom is -0.452 e. The van der Waals surface area contributed by atoms with Crippen LogP contribution in [-0.2, 0) is 20.5 Å². The predicted molar refractivity (Wildman–Crippen MR) is 89.3 cm³/mol. The Hall–Kier alpha value is -2.87. The summed E-state index contributed by atoms with van der Waals surface area (Å²) >= 11 is 5.66. The molecule has 0 bridgehead atoms. The fourth-order valence-electron chi connectivity index (χ4n) is 1.80. The van der Waals surface area contributed by atoms with E-state index in [4.69, 9.17) is 16.3 Å². The first kappa shape index (κ1) is 19.5. The molecule has 0 spiro atoms. The molecule has 0 saturated heterocycles. The topological polar surface area (TPSA) is 68.3 Å². The van der Waals surface area contributed by atoms with Crippen LogP contribution in [0.1, 0.15) is 11.1 Å². The largest absolute Gasteiger partial charge is 0.452 e. The lowest BCUT2D eigenvalue weighted by atomic mass is 10.1. The molecule has 0 aliphatic carbocycles. The van der Waals surface area contributed by atoms with E-state index >= 15 is 0 Å². The normalized spacial score (nSPS) is 11.4. The second-order valence-electron chi connectivity index (χ2n) is 4.97. The van der Waals surface area contributed by atoms with Crippen LogP contribution in [0.4, 0.5) is 19.0 Å². The van der Waals surface area contributed by atoms with Crippen molar-refractivity contribution in [1.82, 2.24) is 4.98 Å². The number of aromatic nitrogens is 1. The summed E-state index contributed by atoms with van der Waals surface area (Å²) < 4.78 is 42.5. The summed E-state index contributed by atoms with van der Waals surface area (Å²) in [5.41, 5.74) is -0.658. The van der Waals surface area contributed by atoms with E-state index in [1.54, 1.807) is 0 Å². The molecule has 136 valence electrons. The minimum absolute atomic E-state index is 0.173. The lowest BCUT2D eigenvalue weighted by Crippen LogP contribution is -2.20. The average molecular weight is 385 g/mol. The molecule has 9 heteroatoms. The number of nitrogens with zero attached hydrogens (tertiary/aromatic N) is 1. The molecule has 0 unspecified atom stereocenters. The van der Waals surface area contributed by atoms with Gasteiger partial charge in [-0.15, -0.1) is 0 Å². The maximum absolute atomic E-state index is 12.6. The fourth-order valence-corrected chi connectivity index (χ4v) is 1.91. The molecule has 0 aliphatic heterocycles. The number of esters is 1. The maximum Gasteiger partial charge on any atom is 0.416 e. The third-order valence-corrected chi connectivity index (χ3v) is 3.19. The third-order valence-electron chi connectivity index (χ3n) is 2.97. The van der Waals surface area contributed by atoms with E-state index < -0.39 is 30.2 Å². The van der Waals surface area contributed by atoms with Crippen molar-refractivity contribution in [2.75, 3.05) is 11.9 Å². The molecule has 0 atom stereocenters. The zero-order valence-electron chi connectivity index (χ0n) is 13.1. The highest BCUT2D eigenvalue weighted by Crippen LogP contribution is 2.29. The van der Waals surface area contributed by atoms with Crippen LogP contribution in [0.25, 0.3) is 6.08 Å². The first-order chi connectivity index (χ1) is 12.2. The zero-order valence-corrected chi connectivity index (χ0v) is 13.8. The van der Waals surface area contributed by atoms with Crippen molar-refractivity contribution in [3.05, 3.63) is 64.8 Å². The number of nitrogens with one attached hydrogen (secondary N) is 1. The number of carbonyl (C=O) groups excluding carboxylic acids is 2. The van der Waals surface area contributed by atoms with Crippen LogP contribution in [0.3, 0.4) is 0 Å². The summed E-state index contributed by atoms with van der Waals surface area (Å²) in [7, 11) is 0. The monoisotopic (exact) mass is 384 g/mol. The summed E-state index contributed by atoms with van der Waals surface area (Å²) in [6.45, 7) is -0.573. The number of amides is 1.